The molecule has 0 unspecified atom stereocenters. The van der Waals surface area contributed by atoms with Gasteiger partial charge in [0.05, 0.1) is 18.8 Å². The number of hydrogen-bond donors (Lipinski definition) is 2. The van der Waals surface area contributed by atoms with E-state index in [-0.39, 0.29) is 32.0 Å². The standard InChI is InChI=1S/C37H36BrN3O5/c1-27(10-8-17-35(44)39(20-21-42)24-28-11-4-2-5-12-28)37(46)33-23-30(38)18-19-34(33)40(36(37)45)25-29-13-9-16-32(22-29)41(26-43)31-14-6-3-7-15-31/h2-16,18-19,22-23,26-27,42,46H,17,20-21,24-25H2,1H3/b10-8+/t27-,37+/m0/s1. The van der Waals surface area contributed by atoms with Crippen molar-refractivity contribution in [3.8, 4) is 0 Å². The molecule has 4 aromatic carbocycles. The number of carbonyl (C=O) groups is 3. The van der Waals surface area contributed by atoms with E-state index in [1.54, 1.807) is 41.0 Å². The van der Waals surface area contributed by atoms with Crippen molar-refractivity contribution < 1.29 is 24.6 Å². The molecule has 1 heterocycles. The molecule has 3 amide bonds. The third-order valence-corrected chi connectivity index (χ3v) is 8.71. The zero-order valence-corrected chi connectivity index (χ0v) is 27.1. The van der Waals surface area contributed by atoms with Crippen molar-refractivity contribution in [2.75, 3.05) is 23.0 Å². The first kappa shape index (κ1) is 32.8. The Hall–Kier alpha value is -4.57. The minimum atomic E-state index is -1.87. The number of rotatable bonds is 13. The number of fused-ring (bicyclic) bond motifs is 1. The summed E-state index contributed by atoms with van der Waals surface area (Å²) in [5, 5.41) is 21.6. The maximum Gasteiger partial charge on any atom is 0.264 e. The summed E-state index contributed by atoms with van der Waals surface area (Å²) in [5.41, 5.74) is 2.29. The van der Waals surface area contributed by atoms with Gasteiger partial charge in [0.2, 0.25) is 12.3 Å². The molecule has 0 fully saturated rings. The van der Waals surface area contributed by atoms with Crippen LogP contribution in [0.3, 0.4) is 0 Å². The van der Waals surface area contributed by atoms with Crippen LogP contribution in [0.1, 0.15) is 30.0 Å². The lowest BCUT2D eigenvalue weighted by molar-refractivity contribution is -0.139. The van der Waals surface area contributed by atoms with E-state index in [0.717, 1.165) is 27.7 Å². The minimum Gasteiger partial charge on any atom is -0.395 e. The number of halogens is 1. The molecule has 1 aliphatic heterocycles. The Morgan fingerprint density at radius 3 is 2.30 bits per heavy atom. The van der Waals surface area contributed by atoms with Crippen molar-refractivity contribution in [3.63, 3.8) is 0 Å². The Morgan fingerprint density at radius 2 is 1.61 bits per heavy atom. The molecule has 0 bridgehead atoms. The molecule has 0 aliphatic carbocycles. The monoisotopic (exact) mass is 681 g/mol. The van der Waals surface area contributed by atoms with E-state index in [2.05, 4.69) is 15.9 Å². The number of nitrogens with zero attached hydrogens (tertiary/aromatic N) is 3. The Morgan fingerprint density at radius 1 is 0.935 bits per heavy atom. The molecule has 4 aromatic rings. The van der Waals surface area contributed by atoms with Crippen LogP contribution < -0.4 is 9.80 Å². The molecule has 46 heavy (non-hydrogen) atoms. The van der Waals surface area contributed by atoms with Crippen LogP contribution in [0.5, 0.6) is 0 Å². The predicted octanol–water partition coefficient (Wildman–Crippen LogP) is 6.08. The normalized spacial score (nSPS) is 16.3. The van der Waals surface area contributed by atoms with Crippen molar-refractivity contribution in [1.82, 2.24) is 4.90 Å². The second kappa shape index (κ2) is 14.7. The van der Waals surface area contributed by atoms with Crippen LogP contribution >= 0.6 is 15.9 Å². The van der Waals surface area contributed by atoms with Crippen LogP contribution in [0.15, 0.2) is 120 Å². The van der Waals surface area contributed by atoms with Crippen molar-refractivity contribution in [2.24, 2.45) is 5.92 Å². The van der Waals surface area contributed by atoms with Gasteiger partial charge < -0.3 is 20.0 Å². The summed E-state index contributed by atoms with van der Waals surface area (Å²) < 4.78 is 0.720. The lowest BCUT2D eigenvalue weighted by atomic mass is 9.83. The lowest BCUT2D eigenvalue weighted by Crippen LogP contribution is -2.44. The third-order valence-electron chi connectivity index (χ3n) is 8.22. The van der Waals surface area contributed by atoms with Crippen molar-refractivity contribution in [2.45, 2.75) is 32.0 Å². The summed E-state index contributed by atoms with van der Waals surface area (Å²) in [6.07, 6.45) is 4.18. The van der Waals surface area contributed by atoms with E-state index >= 15 is 0 Å². The van der Waals surface area contributed by atoms with Gasteiger partial charge in [0.15, 0.2) is 5.60 Å². The van der Waals surface area contributed by atoms with Gasteiger partial charge in [-0.1, -0.05) is 95.7 Å². The average molecular weight is 683 g/mol. The Labute approximate surface area is 277 Å². The van der Waals surface area contributed by atoms with Crippen LogP contribution in [0.25, 0.3) is 0 Å². The number of anilines is 3. The van der Waals surface area contributed by atoms with Gasteiger partial charge in [-0.2, -0.15) is 0 Å². The first-order valence-electron chi connectivity index (χ1n) is 15.1. The Kier molecular flexibility index (Phi) is 10.5. The summed E-state index contributed by atoms with van der Waals surface area (Å²) in [4.78, 5) is 43.9. The molecule has 0 radical (unpaired) electrons. The van der Waals surface area contributed by atoms with Crippen LogP contribution in [0.2, 0.25) is 0 Å². The van der Waals surface area contributed by atoms with E-state index in [0.29, 0.717) is 23.5 Å². The van der Waals surface area contributed by atoms with Crippen molar-refractivity contribution in [3.05, 3.63) is 136 Å². The van der Waals surface area contributed by atoms with Crippen LogP contribution in [0.4, 0.5) is 17.1 Å². The minimum absolute atomic E-state index is 0.0535. The van der Waals surface area contributed by atoms with Gasteiger partial charge in [-0.15, -0.1) is 0 Å². The van der Waals surface area contributed by atoms with E-state index in [1.165, 1.54) is 4.90 Å². The van der Waals surface area contributed by atoms with Crippen molar-refractivity contribution >= 4 is 51.2 Å². The first-order chi connectivity index (χ1) is 22.3. The summed E-state index contributed by atoms with van der Waals surface area (Å²) >= 11 is 3.49. The van der Waals surface area contributed by atoms with E-state index in [1.807, 2.05) is 91.0 Å². The molecule has 0 aromatic heterocycles. The van der Waals surface area contributed by atoms with Gasteiger partial charge in [-0.3, -0.25) is 19.3 Å². The zero-order valence-electron chi connectivity index (χ0n) is 25.5. The fourth-order valence-corrected chi connectivity index (χ4v) is 6.14. The highest BCUT2D eigenvalue weighted by molar-refractivity contribution is 9.10. The molecule has 236 valence electrons. The maximum atomic E-state index is 14.1. The molecule has 2 N–H and O–H groups in total. The summed E-state index contributed by atoms with van der Waals surface area (Å²) in [7, 11) is 0. The fraction of sp³-hybridized carbons (Fsp3) is 0.216. The van der Waals surface area contributed by atoms with Crippen LogP contribution in [0, 0.1) is 5.92 Å². The molecule has 5 rings (SSSR count). The molecular weight excluding hydrogens is 646 g/mol. The van der Waals surface area contributed by atoms with E-state index < -0.39 is 17.4 Å². The maximum absolute atomic E-state index is 14.1. The number of amides is 3. The predicted molar refractivity (Wildman–Crippen MR) is 182 cm³/mol. The smallest absolute Gasteiger partial charge is 0.264 e. The second-order valence-corrected chi connectivity index (χ2v) is 12.2. The fourth-order valence-electron chi connectivity index (χ4n) is 5.78. The largest absolute Gasteiger partial charge is 0.395 e. The number of benzene rings is 4. The number of para-hydroxylation sites is 1. The SMILES string of the molecule is C[C@@H](/C=C/CC(=O)N(CCO)Cc1ccccc1)[C@]1(O)C(=O)N(Cc2cccc(N(C=O)c3ccccc3)c2)c2ccc(Br)cc21. The van der Waals surface area contributed by atoms with Gasteiger partial charge in [-0.25, -0.2) is 0 Å². The molecule has 2 atom stereocenters. The number of aliphatic hydroxyl groups excluding tert-OH is 1. The molecule has 0 saturated heterocycles. The van der Waals surface area contributed by atoms with Crippen molar-refractivity contribution in [1.29, 1.82) is 0 Å². The zero-order chi connectivity index (χ0) is 32.7. The second-order valence-electron chi connectivity index (χ2n) is 11.2. The number of hydrogen-bond acceptors (Lipinski definition) is 5. The van der Waals surface area contributed by atoms with Gasteiger partial charge in [-0.05, 0) is 53.6 Å². The summed E-state index contributed by atoms with van der Waals surface area (Å²) in [6, 6.07) is 31.6. The Balaban J connectivity index is 1.35. The van der Waals surface area contributed by atoms with Gasteiger partial charge in [0, 0.05) is 46.8 Å². The van der Waals surface area contributed by atoms with Gasteiger partial charge >= 0.3 is 0 Å². The highest BCUT2D eigenvalue weighted by atomic mass is 79.9. The first-order valence-corrected chi connectivity index (χ1v) is 15.9. The molecule has 1 aliphatic rings. The highest BCUT2D eigenvalue weighted by Crippen LogP contribution is 2.47. The summed E-state index contributed by atoms with van der Waals surface area (Å²) in [5.74, 6) is -1.31. The third kappa shape index (κ3) is 6.97. The lowest BCUT2D eigenvalue weighted by Gasteiger charge is -2.28. The molecule has 9 heteroatoms. The van der Waals surface area contributed by atoms with Gasteiger partial charge in [0.25, 0.3) is 5.91 Å². The molecule has 0 saturated carbocycles. The van der Waals surface area contributed by atoms with Crippen LogP contribution in [-0.2, 0) is 33.1 Å². The number of carbonyl (C=O) groups excluding carboxylic acids is 3. The van der Waals surface area contributed by atoms with Crippen LogP contribution in [-0.4, -0.2) is 46.5 Å². The quantitative estimate of drug-likeness (QED) is 0.132. The molecule has 0 spiro atoms. The van der Waals surface area contributed by atoms with E-state index in [9.17, 15) is 24.6 Å². The number of aliphatic hydroxyl groups is 2. The molecule has 8 nitrogen and oxygen atoms in total. The Bertz CT molecular complexity index is 1710. The van der Waals surface area contributed by atoms with Gasteiger partial charge in [0.1, 0.15) is 0 Å². The topological polar surface area (TPSA) is 101 Å². The average Bonchev–Trinajstić information content (AvgIpc) is 3.28. The summed E-state index contributed by atoms with van der Waals surface area (Å²) in [6.45, 7) is 2.35. The van der Waals surface area contributed by atoms with E-state index in [4.69, 9.17) is 0 Å². The highest BCUT2D eigenvalue weighted by Gasteiger charge is 2.52. The molecular formula is C37H36BrN3O5.